The third kappa shape index (κ3) is 5.76. The molecule has 166 valence electrons. The van der Waals surface area contributed by atoms with Crippen LogP contribution in [0.1, 0.15) is 26.3 Å². The molecule has 0 spiro atoms. The number of esters is 1. The molecule has 10 heteroatoms. The van der Waals surface area contributed by atoms with Crippen molar-refractivity contribution < 1.29 is 31.5 Å². The van der Waals surface area contributed by atoms with Gasteiger partial charge in [0.05, 0.1) is 10.6 Å². The van der Waals surface area contributed by atoms with Crippen LogP contribution in [-0.2, 0) is 21.3 Å². The van der Waals surface area contributed by atoms with Crippen LogP contribution < -0.4 is 4.72 Å². The number of sulfonamides is 1. The van der Waals surface area contributed by atoms with E-state index in [1.54, 1.807) is 30.3 Å². The van der Waals surface area contributed by atoms with Crippen molar-refractivity contribution in [1.82, 2.24) is 4.72 Å². The largest absolute Gasteiger partial charge is 0.454 e. The van der Waals surface area contributed by atoms with Gasteiger partial charge in [-0.1, -0.05) is 41.9 Å². The first kappa shape index (κ1) is 23.5. The smallest absolute Gasteiger partial charge is 0.338 e. The van der Waals surface area contributed by atoms with Gasteiger partial charge in [-0.15, -0.1) is 0 Å². The summed E-state index contributed by atoms with van der Waals surface area (Å²) in [4.78, 5) is 24.0. The highest BCUT2D eigenvalue weighted by Crippen LogP contribution is 2.23. The first-order chi connectivity index (χ1) is 15.2. The molecule has 0 saturated heterocycles. The third-order valence-electron chi connectivity index (χ3n) is 4.34. The average Bonchev–Trinajstić information content (AvgIpc) is 2.78. The number of Topliss-reactive ketones (excluding diaryl/α,β-unsaturated/α-hetero) is 1. The van der Waals surface area contributed by atoms with E-state index in [2.05, 4.69) is 4.72 Å². The van der Waals surface area contributed by atoms with Crippen LogP contribution in [-0.4, -0.2) is 26.8 Å². The number of rotatable bonds is 8. The van der Waals surface area contributed by atoms with E-state index in [0.29, 0.717) is 6.07 Å². The lowest BCUT2D eigenvalue weighted by atomic mass is 10.1. The summed E-state index contributed by atoms with van der Waals surface area (Å²) in [6, 6.07) is 14.8. The van der Waals surface area contributed by atoms with Crippen LogP contribution in [0, 0.1) is 11.6 Å². The van der Waals surface area contributed by atoms with E-state index in [9.17, 15) is 26.8 Å². The van der Waals surface area contributed by atoms with Gasteiger partial charge in [-0.05, 0) is 42.0 Å². The van der Waals surface area contributed by atoms with Crippen molar-refractivity contribution in [2.45, 2.75) is 11.4 Å². The van der Waals surface area contributed by atoms with E-state index >= 15 is 0 Å². The van der Waals surface area contributed by atoms with E-state index in [1.807, 2.05) is 0 Å². The van der Waals surface area contributed by atoms with Crippen molar-refractivity contribution in [1.29, 1.82) is 0 Å². The minimum absolute atomic E-state index is 0.0108. The number of halogens is 3. The molecule has 32 heavy (non-hydrogen) atoms. The fourth-order valence-corrected chi connectivity index (χ4v) is 4.20. The maximum absolute atomic E-state index is 13.3. The number of hydrogen-bond donors (Lipinski definition) is 1. The van der Waals surface area contributed by atoms with E-state index in [1.165, 1.54) is 12.1 Å². The van der Waals surface area contributed by atoms with Gasteiger partial charge in [0, 0.05) is 12.1 Å². The van der Waals surface area contributed by atoms with Crippen molar-refractivity contribution in [2.75, 3.05) is 6.61 Å². The summed E-state index contributed by atoms with van der Waals surface area (Å²) in [5.41, 5.74) is 0.382. The number of ether oxygens (including phenoxy) is 1. The van der Waals surface area contributed by atoms with Gasteiger partial charge in [0.2, 0.25) is 10.0 Å². The predicted octanol–water partition coefficient (Wildman–Crippen LogP) is 4.14. The Bertz CT molecular complexity index is 1270. The highest BCUT2D eigenvalue weighted by Gasteiger charge is 2.21. The molecular weight excluding hydrogens is 464 g/mol. The molecular formula is C22H16ClF2NO5S. The number of benzene rings is 3. The molecule has 0 saturated carbocycles. The van der Waals surface area contributed by atoms with Crippen molar-refractivity contribution in [3.63, 3.8) is 0 Å². The second-order valence-electron chi connectivity index (χ2n) is 6.58. The zero-order valence-corrected chi connectivity index (χ0v) is 17.9. The fraction of sp³-hybridized carbons (Fsp3) is 0.0909. The van der Waals surface area contributed by atoms with Crippen LogP contribution in [0.5, 0.6) is 0 Å². The lowest BCUT2D eigenvalue weighted by Crippen LogP contribution is -2.24. The molecule has 0 heterocycles. The predicted molar refractivity (Wildman–Crippen MR) is 113 cm³/mol. The Balaban J connectivity index is 1.70. The van der Waals surface area contributed by atoms with Gasteiger partial charge in [-0.2, -0.15) is 0 Å². The maximum Gasteiger partial charge on any atom is 0.338 e. The summed E-state index contributed by atoms with van der Waals surface area (Å²) in [5, 5.41) is -0.111. The van der Waals surface area contributed by atoms with Crippen molar-refractivity contribution in [3.8, 4) is 0 Å². The molecule has 1 N–H and O–H groups in total. The maximum atomic E-state index is 13.3. The van der Waals surface area contributed by atoms with E-state index in [-0.39, 0.29) is 27.6 Å². The molecule has 0 radical (unpaired) electrons. The Morgan fingerprint density at radius 2 is 1.59 bits per heavy atom. The molecule has 0 amide bonds. The zero-order valence-electron chi connectivity index (χ0n) is 16.3. The van der Waals surface area contributed by atoms with Crippen LogP contribution >= 0.6 is 11.6 Å². The normalized spacial score (nSPS) is 11.2. The molecule has 0 aliphatic rings. The van der Waals surface area contributed by atoms with E-state index in [4.69, 9.17) is 16.3 Å². The van der Waals surface area contributed by atoms with Gasteiger partial charge in [0.1, 0.15) is 4.90 Å². The van der Waals surface area contributed by atoms with Crippen LogP contribution in [0.3, 0.4) is 0 Å². The van der Waals surface area contributed by atoms with Gasteiger partial charge in [0.15, 0.2) is 24.0 Å². The molecule has 0 unspecified atom stereocenters. The molecule has 0 atom stereocenters. The number of ketones is 1. The van der Waals surface area contributed by atoms with Crippen molar-refractivity contribution in [2.24, 2.45) is 0 Å². The molecule has 0 aliphatic heterocycles. The lowest BCUT2D eigenvalue weighted by Gasteiger charge is -2.10. The first-order valence-electron chi connectivity index (χ1n) is 9.16. The molecule has 3 rings (SSSR count). The van der Waals surface area contributed by atoms with Gasteiger partial charge >= 0.3 is 5.97 Å². The van der Waals surface area contributed by atoms with Gasteiger partial charge in [-0.25, -0.2) is 26.7 Å². The minimum atomic E-state index is -4.06. The SMILES string of the molecule is O=C(COC(=O)c1ccc(Cl)c(S(=O)(=O)NCc2ccccc2)c1)c1ccc(F)c(F)c1. The number of nitrogens with one attached hydrogen (secondary N) is 1. The summed E-state index contributed by atoms with van der Waals surface area (Å²) < 4.78 is 58.8. The lowest BCUT2D eigenvalue weighted by molar-refractivity contribution is 0.0474. The molecule has 0 aromatic heterocycles. The Morgan fingerprint density at radius 3 is 2.28 bits per heavy atom. The second-order valence-corrected chi connectivity index (χ2v) is 8.73. The monoisotopic (exact) mass is 479 g/mol. The highest BCUT2D eigenvalue weighted by molar-refractivity contribution is 7.89. The number of carbonyl (C=O) groups excluding carboxylic acids is 2. The summed E-state index contributed by atoms with van der Waals surface area (Å²) >= 11 is 6.01. The zero-order chi connectivity index (χ0) is 23.3. The van der Waals surface area contributed by atoms with Crippen LogP contribution in [0.15, 0.2) is 71.6 Å². The quantitative estimate of drug-likeness (QED) is 0.387. The Kier molecular flexibility index (Phi) is 7.34. The molecule has 0 bridgehead atoms. The highest BCUT2D eigenvalue weighted by atomic mass is 35.5. The summed E-state index contributed by atoms with van der Waals surface area (Å²) in [6.07, 6.45) is 0. The summed E-state index contributed by atoms with van der Waals surface area (Å²) in [5.74, 6) is -4.08. The molecule has 3 aromatic rings. The minimum Gasteiger partial charge on any atom is -0.454 e. The topological polar surface area (TPSA) is 89.5 Å². The number of hydrogen-bond acceptors (Lipinski definition) is 5. The summed E-state index contributed by atoms with van der Waals surface area (Å²) in [6.45, 7) is -0.738. The Hall–Kier alpha value is -3.14. The van der Waals surface area contributed by atoms with Crippen LogP contribution in [0.25, 0.3) is 0 Å². The first-order valence-corrected chi connectivity index (χ1v) is 11.0. The average molecular weight is 480 g/mol. The molecule has 3 aromatic carbocycles. The second kappa shape index (κ2) is 9.99. The van der Waals surface area contributed by atoms with Crippen LogP contribution in [0.4, 0.5) is 8.78 Å². The Morgan fingerprint density at radius 1 is 0.906 bits per heavy atom. The van der Waals surface area contributed by atoms with Gasteiger partial charge in [-0.3, -0.25) is 4.79 Å². The molecule has 0 aliphatic carbocycles. The van der Waals surface area contributed by atoms with Gasteiger partial charge in [0.25, 0.3) is 0 Å². The fourth-order valence-electron chi connectivity index (χ4n) is 2.66. The van der Waals surface area contributed by atoms with Crippen molar-refractivity contribution in [3.05, 3.63) is 100 Å². The summed E-state index contributed by atoms with van der Waals surface area (Å²) in [7, 11) is -4.06. The van der Waals surface area contributed by atoms with Crippen molar-refractivity contribution >= 4 is 33.4 Å². The third-order valence-corrected chi connectivity index (χ3v) is 6.22. The van der Waals surface area contributed by atoms with Gasteiger partial charge < -0.3 is 4.74 Å². The van der Waals surface area contributed by atoms with E-state index in [0.717, 1.165) is 23.8 Å². The Labute approximate surface area is 187 Å². The molecule has 6 nitrogen and oxygen atoms in total. The number of carbonyl (C=O) groups is 2. The molecule has 0 fully saturated rings. The van der Waals surface area contributed by atoms with Crippen LogP contribution in [0.2, 0.25) is 5.02 Å². The van der Waals surface area contributed by atoms with E-state index < -0.39 is 40.0 Å². The standard InChI is InChI=1S/C22H16ClF2NO5S/c23-17-8-6-16(11-21(17)32(29,30)26-12-14-4-2-1-3-5-14)22(28)31-13-20(27)15-7-9-18(24)19(25)10-15/h1-11,26H,12-13H2.